The van der Waals surface area contributed by atoms with Crippen LogP contribution in [0.25, 0.3) is 5.65 Å². The number of amides is 1. The molecule has 2 aliphatic rings. The number of hydrogen-bond acceptors (Lipinski definition) is 5. The van der Waals surface area contributed by atoms with Gasteiger partial charge in [-0.2, -0.15) is 5.10 Å². The second-order valence-corrected chi connectivity index (χ2v) is 8.56. The van der Waals surface area contributed by atoms with Crippen molar-refractivity contribution in [1.82, 2.24) is 19.5 Å². The van der Waals surface area contributed by atoms with Crippen molar-refractivity contribution in [2.24, 2.45) is 0 Å². The molecule has 162 valence electrons. The number of methoxy groups -OCH3 is 1. The van der Waals surface area contributed by atoms with Gasteiger partial charge in [0.25, 0.3) is 5.91 Å². The van der Waals surface area contributed by atoms with Gasteiger partial charge in [0.1, 0.15) is 11.6 Å². The van der Waals surface area contributed by atoms with Crippen molar-refractivity contribution in [3.63, 3.8) is 0 Å². The number of aryl methyl sites for hydroxylation is 1. The van der Waals surface area contributed by atoms with E-state index in [0.29, 0.717) is 11.3 Å². The molecule has 4 heterocycles. The fraction of sp³-hybridized carbons (Fsp3) is 0.458. The van der Waals surface area contributed by atoms with E-state index >= 15 is 0 Å². The molecule has 7 heteroatoms. The summed E-state index contributed by atoms with van der Waals surface area (Å²) < 4.78 is 7.18. The molecule has 5 rings (SSSR count). The van der Waals surface area contributed by atoms with E-state index in [4.69, 9.17) is 14.8 Å². The Hall–Kier alpha value is -3.09. The highest BCUT2D eigenvalue weighted by atomic mass is 16.5. The summed E-state index contributed by atoms with van der Waals surface area (Å²) in [6.07, 6.45) is 7.52. The molecule has 2 aliphatic heterocycles. The summed E-state index contributed by atoms with van der Waals surface area (Å²) >= 11 is 0. The Labute approximate surface area is 182 Å². The van der Waals surface area contributed by atoms with Gasteiger partial charge in [-0.25, -0.2) is 9.50 Å². The van der Waals surface area contributed by atoms with Crippen LogP contribution in [0.3, 0.4) is 0 Å². The van der Waals surface area contributed by atoms with Gasteiger partial charge in [-0.3, -0.25) is 4.79 Å². The Bertz CT molecular complexity index is 1100. The van der Waals surface area contributed by atoms with Crippen LogP contribution in [0.2, 0.25) is 0 Å². The molecule has 0 spiro atoms. The largest absolute Gasteiger partial charge is 0.497 e. The average Bonchev–Trinajstić information content (AvgIpc) is 3.48. The molecular weight excluding hydrogens is 390 g/mol. The molecule has 0 radical (unpaired) electrons. The van der Waals surface area contributed by atoms with Crippen molar-refractivity contribution in [1.29, 1.82) is 0 Å². The van der Waals surface area contributed by atoms with E-state index in [1.165, 1.54) is 12.8 Å². The smallest absolute Gasteiger partial charge is 0.254 e. The summed E-state index contributed by atoms with van der Waals surface area (Å²) in [5, 5.41) is 4.84. The molecule has 31 heavy (non-hydrogen) atoms. The van der Waals surface area contributed by atoms with Crippen molar-refractivity contribution in [3.05, 3.63) is 53.3 Å². The van der Waals surface area contributed by atoms with E-state index in [2.05, 4.69) is 24.1 Å². The number of aromatic nitrogens is 3. The van der Waals surface area contributed by atoms with Crippen molar-refractivity contribution in [3.8, 4) is 5.75 Å². The molecular formula is C24H29N5O2. The van der Waals surface area contributed by atoms with Crippen LogP contribution in [0.15, 0.2) is 36.5 Å². The van der Waals surface area contributed by atoms with E-state index < -0.39 is 0 Å². The first-order chi connectivity index (χ1) is 15.1. The molecule has 2 saturated heterocycles. The third kappa shape index (κ3) is 3.73. The number of fused-ring (bicyclic) bond motifs is 1. The number of benzene rings is 1. The van der Waals surface area contributed by atoms with Gasteiger partial charge in [0.05, 0.1) is 18.8 Å². The number of hydrogen-bond donors (Lipinski definition) is 0. The first-order valence-electron chi connectivity index (χ1n) is 11.2. The van der Waals surface area contributed by atoms with Crippen LogP contribution >= 0.6 is 0 Å². The summed E-state index contributed by atoms with van der Waals surface area (Å²) in [7, 11) is 1.62. The van der Waals surface area contributed by atoms with Gasteiger partial charge in [0.15, 0.2) is 5.65 Å². The lowest BCUT2D eigenvalue weighted by Crippen LogP contribution is -2.38. The lowest BCUT2D eigenvalue weighted by Gasteiger charge is -2.34. The highest BCUT2D eigenvalue weighted by molar-refractivity contribution is 5.95. The second-order valence-electron chi connectivity index (χ2n) is 8.56. The normalized spacial score (nSPS) is 19.2. The predicted octanol–water partition coefficient (Wildman–Crippen LogP) is 4.01. The number of anilines is 1. The Morgan fingerprint density at radius 2 is 1.90 bits per heavy atom. The fourth-order valence-electron chi connectivity index (χ4n) is 4.84. The van der Waals surface area contributed by atoms with Gasteiger partial charge in [-0.05, 0) is 57.2 Å². The standard InChI is InChI=1S/C24H29N5O2/c1-17-16-29-22(25-23(17)27-11-5-6-12-27)15-20(26-29)21-10-3-4-13-28(21)24(30)18-8-7-9-19(14-18)31-2/h7-9,14-16,21H,3-6,10-13H2,1-2H3/t21-/m0/s1. The molecule has 1 atom stereocenters. The summed E-state index contributed by atoms with van der Waals surface area (Å²) in [6, 6.07) is 9.41. The fourth-order valence-corrected chi connectivity index (χ4v) is 4.84. The minimum atomic E-state index is -0.0373. The van der Waals surface area contributed by atoms with Gasteiger partial charge in [-0.1, -0.05) is 6.07 Å². The molecule has 3 aromatic rings. The Morgan fingerprint density at radius 3 is 2.71 bits per heavy atom. The molecule has 1 amide bonds. The Morgan fingerprint density at radius 1 is 1.10 bits per heavy atom. The first-order valence-corrected chi connectivity index (χ1v) is 11.2. The van der Waals surface area contributed by atoms with Crippen LogP contribution in [0.5, 0.6) is 5.75 Å². The molecule has 0 saturated carbocycles. The van der Waals surface area contributed by atoms with Gasteiger partial charge < -0.3 is 14.5 Å². The van der Waals surface area contributed by atoms with Gasteiger partial charge in [0.2, 0.25) is 0 Å². The highest BCUT2D eigenvalue weighted by Gasteiger charge is 2.31. The van der Waals surface area contributed by atoms with E-state index in [-0.39, 0.29) is 11.9 Å². The minimum absolute atomic E-state index is 0.0301. The van der Waals surface area contributed by atoms with E-state index in [0.717, 1.165) is 61.6 Å². The molecule has 1 aromatic carbocycles. The Balaban J connectivity index is 1.47. The predicted molar refractivity (Wildman–Crippen MR) is 120 cm³/mol. The highest BCUT2D eigenvalue weighted by Crippen LogP contribution is 2.33. The van der Waals surface area contributed by atoms with Crippen LogP contribution in [0.4, 0.5) is 5.82 Å². The maximum absolute atomic E-state index is 13.4. The quantitative estimate of drug-likeness (QED) is 0.639. The number of carbonyl (C=O) groups excluding carboxylic acids is 1. The zero-order valence-electron chi connectivity index (χ0n) is 18.3. The molecule has 0 aliphatic carbocycles. The van der Waals surface area contributed by atoms with E-state index in [1.54, 1.807) is 7.11 Å². The number of nitrogens with zero attached hydrogens (tertiary/aromatic N) is 5. The van der Waals surface area contributed by atoms with E-state index in [9.17, 15) is 4.79 Å². The number of rotatable bonds is 4. The average molecular weight is 420 g/mol. The number of likely N-dealkylation sites (tertiary alicyclic amines) is 1. The molecule has 0 N–H and O–H groups in total. The Kier molecular flexibility index (Phi) is 5.26. The third-order valence-electron chi connectivity index (χ3n) is 6.45. The number of piperidine rings is 1. The summed E-state index contributed by atoms with van der Waals surface area (Å²) in [4.78, 5) is 22.6. The van der Waals surface area contributed by atoms with Crippen LogP contribution in [-0.2, 0) is 0 Å². The lowest BCUT2D eigenvalue weighted by atomic mass is 9.98. The second kappa shape index (κ2) is 8.21. The SMILES string of the molecule is COc1cccc(C(=O)N2CCCC[C@H]2c2cc3nc(N4CCCC4)c(C)cn3n2)c1. The zero-order valence-corrected chi connectivity index (χ0v) is 18.3. The van der Waals surface area contributed by atoms with Crippen LogP contribution < -0.4 is 9.64 Å². The number of ether oxygens (including phenoxy) is 1. The minimum Gasteiger partial charge on any atom is -0.497 e. The number of carbonyl (C=O) groups is 1. The van der Waals surface area contributed by atoms with Crippen LogP contribution in [0, 0.1) is 6.92 Å². The topological polar surface area (TPSA) is 63.0 Å². The molecule has 2 aromatic heterocycles. The monoisotopic (exact) mass is 419 g/mol. The van der Waals surface area contributed by atoms with Crippen molar-refractivity contribution >= 4 is 17.4 Å². The first kappa shape index (κ1) is 19.8. The summed E-state index contributed by atoms with van der Waals surface area (Å²) in [5.41, 5.74) is 3.56. The van der Waals surface area contributed by atoms with Crippen LogP contribution in [-0.4, -0.2) is 52.1 Å². The van der Waals surface area contributed by atoms with Crippen LogP contribution in [0.1, 0.15) is 59.8 Å². The van der Waals surface area contributed by atoms with Crippen molar-refractivity contribution in [2.45, 2.75) is 45.1 Å². The summed E-state index contributed by atoms with van der Waals surface area (Å²) in [5.74, 6) is 1.79. The van der Waals surface area contributed by atoms with Crippen molar-refractivity contribution in [2.75, 3.05) is 31.6 Å². The molecule has 2 fully saturated rings. The van der Waals surface area contributed by atoms with Gasteiger partial charge >= 0.3 is 0 Å². The molecule has 0 unspecified atom stereocenters. The van der Waals surface area contributed by atoms with Crippen molar-refractivity contribution < 1.29 is 9.53 Å². The lowest BCUT2D eigenvalue weighted by molar-refractivity contribution is 0.0605. The zero-order chi connectivity index (χ0) is 21.4. The maximum Gasteiger partial charge on any atom is 0.254 e. The van der Waals surface area contributed by atoms with E-state index in [1.807, 2.05) is 33.7 Å². The summed E-state index contributed by atoms with van der Waals surface area (Å²) in [6.45, 7) is 4.97. The molecule has 7 nitrogen and oxygen atoms in total. The van der Waals surface area contributed by atoms with Gasteiger partial charge in [0, 0.05) is 43.0 Å². The maximum atomic E-state index is 13.4. The van der Waals surface area contributed by atoms with Gasteiger partial charge in [-0.15, -0.1) is 0 Å². The third-order valence-corrected chi connectivity index (χ3v) is 6.45. The molecule has 0 bridgehead atoms.